The molecule has 0 radical (unpaired) electrons. The Kier molecular flexibility index (Phi) is 3.92. The molecule has 6 nitrogen and oxygen atoms in total. The quantitative estimate of drug-likeness (QED) is 0.789. The van der Waals surface area contributed by atoms with Crippen molar-refractivity contribution in [3.63, 3.8) is 0 Å². The second kappa shape index (κ2) is 5.48. The van der Waals surface area contributed by atoms with E-state index >= 15 is 0 Å². The number of carboxylic acids is 1. The zero-order valence-corrected chi connectivity index (χ0v) is 11.6. The van der Waals surface area contributed by atoms with Gasteiger partial charge in [0.25, 0.3) is 0 Å². The first kappa shape index (κ1) is 14.3. The molecule has 0 spiro atoms. The third kappa shape index (κ3) is 2.89. The zero-order chi connectivity index (χ0) is 14.8. The van der Waals surface area contributed by atoms with Crippen LogP contribution >= 0.6 is 0 Å². The van der Waals surface area contributed by atoms with E-state index in [1.54, 1.807) is 25.3 Å². The monoisotopic (exact) mass is 277 g/mol. The molecular formula is C14H19N3O3. The molecule has 1 aromatic heterocycles. The van der Waals surface area contributed by atoms with Gasteiger partial charge in [-0.05, 0) is 38.8 Å². The van der Waals surface area contributed by atoms with Crippen molar-refractivity contribution in [1.29, 1.82) is 0 Å². The van der Waals surface area contributed by atoms with E-state index in [0.29, 0.717) is 18.5 Å². The average Bonchev–Trinajstić information content (AvgIpc) is 2.75. The summed E-state index contributed by atoms with van der Waals surface area (Å²) in [6.07, 6.45) is 3.64. The van der Waals surface area contributed by atoms with Gasteiger partial charge in [0, 0.05) is 11.7 Å². The number of nitrogens with one attached hydrogen (secondary N) is 2. The fourth-order valence-electron chi connectivity index (χ4n) is 2.52. The Labute approximate surface area is 117 Å². The molecule has 20 heavy (non-hydrogen) atoms. The molecule has 3 N–H and O–H groups in total. The van der Waals surface area contributed by atoms with Gasteiger partial charge in [-0.3, -0.25) is 9.78 Å². The number of hydrogen-bond acceptors (Lipinski definition) is 3. The molecule has 6 heteroatoms. The maximum atomic E-state index is 11.9. The highest BCUT2D eigenvalue weighted by Crippen LogP contribution is 2.38. The van der Waals surface area contributed by atoms with E-state index in [1.165, 1.54) is 0 Å². The smallest absolute Gasteiger partial charge is 0.319 e. The summed E-state index contributed by atoms with van der Waals surface area (Å²) in [7, 11) is 0. The number of rotatable bonds is 3. The highest BCUT2D eigenvalue weighted by molar-refractivity contribution is 5.90. The minimum atomic E-state index is -0.886. The number of aryl methyl sites for hydroxylation is 1. The number of pyridine rings is 1. The van der Waals surface area contributed by atoms with Crippen LogP contribution in [-0.4, -0.2) is 28.1 Å². The Morgan fingerprint density at radius 2 is 2.20 bits per heavy atom. The van der Waals surface area contributed by atoms with Gasteiger partial charge in [0.1, 0.15) is 0 Å². The van der Waals surface area contributed by atoms with Crippen molar-refractivity contribution in [1.82, 2.24) is 10.3 Å². The van der Waals surface area contributed by atoms with Gasteiger partial charge >= 0.3 is 12.0 Å². The number of urea groups is 1. The summed E-state index contributed by atoms with van der Waals surface area (Å²) in [6.45, 7) is 3.54. The molecule has 1 saturated carbocycles. The highest BCUT2D eigenvalue weighted by atomic mass is 16.4. The summed E-state index contributed by atoms with van der Waals surface area (Å²) < 4.78 is 0. The number of carbonyl (C=O) groups is 2. The molecule has 1 aliphatic carbocycles. The highest BCUT2D eigenvalue weighted by Gasteiger charge is 2.45. The summed E-state index contributed by atoms with van der Waals surface area (Å²) in [4.78, 5) is 27.3. The number of hydrogen-bond donors (Lipinski definition) is 3. The number of carboxylic acid groups (broad SMARTS) is 1. The second-order valence-corrected chi connectivity index (χ2v) is 5.45. The Bertz CT molecular complexity index is 515. The third-order valence-electron chi connectivity index (χ3n) is 3.92. The van der Waals surface area contributed by atoms with Crippen LogP contribution in [0.3, 0.4) is 0 Å². The lowest BCUT2D eigenvalue weighted by molar-refractivity contribution is -0.148. The van der Waals surface area contributed by atoms with Crippen LogP contribution in [0.2, 0.25) is 0 Å². The maximum Gasteiger partial charge on any atom is 0.319 e. The van der Waals surface area contributed by atoms with E-state index in [4.69, 9.17) is 0 Å². The molecule has 0 aromatic carbocycles. The first-order chi connectivity index (χ1) is 9.41. The van der Waals surface area contributed by atoms with Crippen LogP contribution in [0.5, 0.6) is 0 Å². The van der Waals surface area contributed by atoms with E-state index in [0.717, 1.165) is 12.1 Å². The molecule has 1 aliphatic rings. The number of amides is 2. The molecule has 108 valence electrons. The first-order valence-electron chi connectivity index (χ1n) is 6.65. The lowest BCUT2D eigenvalue weighted by Crippen LogP contribution is -2.48. The largest absolute Gasteiger partial charge is 0.481 e. The molecule has 0 aliphatic heterocycles. The molecule has 0 bridgehead atoms. The summed E-state index contributed by atoms with van der Waals surface area (Å²) in [5.41, 5.74) is 0.566. The summed E-state index contributed by atoms with van der Waals surface area (Å²) in [5, 5.41) is 14.7. The third-order valence-corrected chi connectivity index (χ3v) is 3.92. The Hall–Kier alpha value is -2.11. The van der Waals surface area contributed by atoms with Gasteiger partial charge in [-0.2, -0.15) is 0 Å². The number of carbonyl (C=O) groups excluding carboxylic acids is 1. The van der Waals surface area contributed by atoms with Crippen molar-refractivity contribution in [2.45, 2.75) is 39.2 Å². The fraction of sp³-hybridized carbons (Fsp3) is 0.500. The molecule has 1 heterocycles. The zero-order valence-electron chi connectivity index (χ0n) is 11.6. The number of aliphatic carboxylic acids is 1. The van der Waals surface area contributed by atoms with Crippen molar-refractivity contribution in [2.24, 2.45) is 5.41 Å². The van der Waals surface area contributed by atoms with Gasteiger partial charge in [0.05, 0.1) is 17.3 Å². The van der Waals surface area contributed by atoms with Crippen molar-refractivity contribution >= 4 is 17.7 Å². The number of nitrogens with zero attached hydrogens (tertiary/aromatic N) is 1. The van der Waals surface area contributed by atoms with Crippen LogP contribution in [0.4, 0.5) is 10.5 Å². The molecular weight excluding hydrogens is 258 g/mol. The summed E-state index contributed by atoms with van der Waals surface area (Å²) in [5.74, 6) is -0.864. The van der Waals surface area contributed by atoms with E-state index in [9.17, 15) is 14.7 Å². The van der Waals surface area contributed by atoms with Gasteiger partial charge in [0.15, 0.2) is 0 Å². The minimum absolute atomic E-state index is 0.349. The van der Waals surface area contributed by atoms with E-state index in [1.807, 2.05) is 6.92 Å². The van der Waals surface area contributed by atoms with Crippen LogP contribution in [0.1, 0.15) is 31.9 Å². The second-order valence-electron chi connectivity index (χ2n) is 5.45. The molecule has 2 rings (SSSR count). The molecule has 1 fully saturated rings. The predicted molar refractivity (Wildman–Crippen MR) is 74.5 cm³/mol. The number of aromatic nitrogens is 1. The normalized spacial score (nSPS) is 25.2. The van der Waals surface area contributed by atoms with Gasteiger partial charge in [0.2, 0.25) is 0 Å². The van der Waals surface area contributed by atoms with Crippen molar-refractivity contribution < 1.29 is 14.7 Å². The number of anilines is 1. The van der Waals surface area contributed by atoms with Gasteiger partial charge in [-0.1, -0.05) is 6.42 Å². The first-order valence-corrected chi connectivity index (χ1v) is 6.65. The Morgan fingerprint density at radius 3 is 2.80 bits per heavy atom. The van der Waals surface area contributed by atoms with Gasteiger partial charge in [-0.15, -0.1) is 0 Å². The molecule has 1 aromatic rings. The standard InChI is InChI=1S/C14H19N3O3/c1-9-5-6-10(8-15-9)16-13(20)17-11-4-3-7-14(11,2)12(18)19/h5-6,8,11H,3-4,7H2,1-2H3,(H,18,19)(H2,16,17,20). The average molecular weight is 277 g/mol. The van der Waals surface area contributed by atoms with Crippen LogP contribution in [-0.2, 0) is 4.79 Å². The molecule has 2 unspecified atom stereocenters. The van der Waals surface area contributed by atoms with Crippen molar-refractivity contribution in [3.05, 3.63) is 24.0 Å². The SMILES string of the molecule is Cc1ccc(NC(=O)NC2CCCC2(C)C(=O)O)cn1. The summed E-state index contributed by atoms with van der Waals surface area (Å²) >= 11 is 0. The van der Waals surface area contributed by atoms with E-state index in [2.05, 4.69) is 15.6 Å². The van der Waals surface area contributed by atoms with Crippen LogP contribution in [0.15, 0.2) is 18.3 Å². The Morgan fingerprint density at radius 1 is 1.45 bits per heavy atom. The maximum absolute atomic E-state index is 11.9. The molecule has 2 atom stereocenters. The Balaban J connectivity index is 1.98. The van der Waals surface area contributed by atoms with E-state index < -0.39 is 17.4 Å². The summed E-state index contributed by atoms with van der Waals surface area (Å²) in [6, 6.07) is 2.81. The minimum Gasteiger partial charge on any atom is -0.481 e. The van der Waals surface area contributed by atoms with Crippen molar-refractivity contribution in [2.75, 3.05) is 5.32 Å². The lowest BCUT2D eigenvalue weighted by atomic mass is 9.85. The fourth-order valence-corrected chi connectivity index (χ4v) is 2.52. The predicted octanol–water partition coefficient (Wildman–Crippen LogP) is 2.15. The lowest BCUT2D eigenvalue weighted by Gasteiger charge is -2.27. The van der Waals surface area contributed by atoms with Gasteiger partial charge < -0.3 is 15.7 Å². The molecule has 0 saturated heterocycles. The van der Waals surface area contributed by atoms with Crippen LogP contribution in [0.25, 0.3) is 0 Å². The van der Waals surface area contributed by atoms with E-state index in [-0.39, 0.29) is 6.04 Å². The van der Waals surface area contributed by atoms with Gasteiger partial charge in [-0.25, -0.2) is 4.79 Å². The van der Waals surface area contributed by atoms with Crippen LogP contribution < -0.4 is 10.6 Å². The molecule has 2 amide bonds. The topological polar surface area (TPSA) is 91.3 Å². The van der Waals surface area contributed by atoms with Crippen molar-refractivity contribution in [3.8, 4) is 0 Å². The van der Waals surface area contributed by atoms with Crippen LogP contribution in [0, 0.1) is 12.3 Å².